The van der Waals surface area contributed by atoms with E-state index < -0.39 is 0 Å². The van der Waals surface area contributed by atoms with Gasteiger partial charge in [0.25, 0.3) is 0 Å². The SMILES string of the molecule is NNC(=NC1CC1)c1cc(Br)c(Br)s1. The molecule has 0 unspecified atom stereocenters. The lowest BCUT2D eigenvalue weighted by Crippen LogP contribution is -2.30. The van der Waals surface area contributed by atoms with E-state index in [-0.39, 0.29) is 0 Å². The zero-order chi connectivity index (χ0) is 10.1. The van der Waals surface area contributed by atoms with Crippen LogP contribution in [0.3, 0.4) is 0 Å². The predicted molar refractivity (Wildman–Crippen MR) is 66.6 cm³/mol. The molecule has 14 heavy (non-hydrogen) atoms. The summed E-state index contributed by atoms with van der Waals surface area (Å²) in [5.41, 5.74) is 2.65. The van der Waals surface area contributed by atoms with E-state index >= 15 is 0 Å². The van der Waals surface area contributed by atoms with E-state index in [1.165, 1.54) is 12.8 Å². The van der Waals surface area contributed by atoms with Gasteiger partial charge in [0.2, 0.25) is 0 Å². The van der Waals surface area contributed by atoms with Gasteiger partial charge in [-0.05, 0) is 50.8 Å². The van der Waals surface area contributed by atoms with Crippen molar-refractivity contribution in [3.05, 3.63) is 19.2 Å². The maximum atomic E-state index is 5.44. The molecule has 1 heterocycles. The number of nitrogens with one attached hydrogen (secondary N) is 1. The first-order valence-corrected chi connectivity index (χ1v) is 6.60. The molecule has 0 saturated heterocycles. The van der Waals surface area contributed by atoms with E-state index in [4.69, 9.17) is 5.84 Å². The van der Waals surface area contributed by atoms with Gasteiger partial charge in [-0.1, -0.05) is 0 Å². The van der Waals surface area contributed by atoms with Gasteiger partial charge in [-0.25, -0.2) is 5.84 Å². The molecule has 3 N–H and O–H groups in total. The largest absolute Gasteiger partial charge is 0.308 e. The smallest absolute Gasteiger partial charge is 0.153 e. The van der Waals surface area contributed by atoms with Crippen molar-refractivity contribution in [1.82, 2.24) is 5.43 Å². The van der Waals surface area contributed by atoms with Crippen LogP contribution in [0.2, 0.25) is 0 Å². The van der Waals surface area contributed by atoms with E-state index in [0.29, 0.717) is 6.04 Å². The van der Waals surface area contributed by atoms with Crippen LogP contribution in [0, 0.1) is 0 Å². The Bertz CT molecular complexity index is 351. The highest BCUT2D eigenvalue weighted by Gasteiger charge is 2.22. The zero-order valence-electron chi connectivity index (χ0n) is 7.26. The number of aliphatic imine (C=N–C) groups is 1. The molecule has 0 atom stereocenters. The van der Waals surface area contributed by atoms with Gasteiger partial charge in [0, 0.05) is 4.47 Å². The number of nitrogens with two attached hydrogens (primary N) is 1. The average Bonchev–Trinajstić information content (AvgIpc) is 2.91. The Balaban J connectivity index is 2.26. The molecule has 1 aliphatic rings. The Morgan fingerprint density at radius 3 is 2.71 bits per heavy atom. The third-order valence-electron chi connectivity index (χ3n) is 1.87. The summed E-state index contributed by atoms with van der Waals surface area (Å²) in [5.74, 6) is 6.22. The first-order valence-electron chi connectivity index (χ1n) is 4.20. The number of halogens is 2. The first kappa shape index (κ1) is 10.6. The maximum Gasteiger partial charge on any atom is 0.153 e. The van der Waals surface area contributed by atoms with E-state index in [0.717, 1.165) is 19.0 Å². The van der Waals surface area contributed by atoms with Crippen molar-refractivity contribution in [1.29, 1.82) is 0 Å². The normalized spacial score (nSPS) is 17.2. The quantitative estimate of drug-likeness (QED) is 0.377. The van der Waals surface area contributed by atoms with Gasteiger partial charge in [0.05, 0.1) is 14.7 Å². The Morgan fingerprint density at radius 2 is 2.29 bits per heavy atom. The summed E-state index contributed by atoms with van der Waals surface area (Å²) in [6, 6.07) is 2.48. The zero-order valence-corrected chi connectivity index (χ0v) is 11.2. The van der Waals surface area contributed by atoms with Crippen LogP contribution in [0.4, 0.5) is 0 Å². The highest BCUT2D eigenvalue weighted by Crippen LogP contribution is 2.33. The minimum Gasteiger partial charge on any atom is -0.308 e. The van der Waals surface area contributed by atoms with Gasteiger partial charge in [0.15, 0.2) is 5.84 Å². The molecule has 0 spiro atoms. The van der Waals surface area contributed by atoms with Gasteiger partial charge in [-0.15, -0.1) is 11.3 Å². The van der Waals surface area contributed by atoms with E-state index in [1.54, 1.807) is 11.3 Å². The highest BCUT2D eigenvalue weighted by atomic mass is 79.9. The van der Waals surface area contributed by atoms with Crippen LogP contribution < -0.4 is 11.3 Å². The topological polar surface area (TPSA) is 50.4 Å². The van der Waals surface area contributed by atoms with E-state index in [2.05, 4.69) is 42.3 Å². The van der Waals surface area contributed by atoms with E-state index in [9.17, 15) is 0 Å². The Hall–Kier alpha value is 0.0900. The number of hydrogen-bond donors (Lipinski definition) is 2. The van der Waals surface area contributed by atoms with Crippen LogP contribution >= 0.6 is 43.2 Å². The molecule has 2 rings (SSSR count). The lowest BCUT2D eigenvalue weighted by molar-refractivity contribution is 0.974. The van der Waals surface area contributed by atoms with Gasteiger partial charge >= 0.3 is 0 Å². The second-order valence-corrected chi connectivity index (χ2v) is 6.31. The molecule has 0 radical (unpaired) electrons. The fraction of sp³-hybridized carbons (Fsp3) is 0.375. The minimum absolute atomic E-state index is 0.473. The molecule has 0 amide bonds. The molecule has 3 nitrogen and oxygen atoms in total. The van der Waals surface area contributed by atoms with Crippen molar-refractivity contribution in [2.45, 2.75) is 18.9 Å². The summed E-state index contributed by atoms with van der Waals surface area (Å²) in [7, 11) is 0. The summed E-state index contributed by atoms with van der Waals surface area (Å²) in [6.07, 6.45) is 2.36. The summed E-state index contributed by atoms with van der Waals surface area (Å²) in [5, 5.41) is 0. The Kier molecular flexibility index (Phi) is 3.26. The predicted octanol–water partition coefficient (Wildman–Crippen LogP) is 2.65. The molecule has 6 heteroatoms. The number of amidine groups is 1. The summed E-state index contributed by atoms with van der Waals surface area (Å²) >= 11 is 8.49. The third-order valence-corrected chi connectivity index (χ3v) is 5.14. The molecule has 1 saturated carbocycles. The second-order valence-electron chi connectivity index (χ2n) is 3.09. The van der Waals surface area contributed by atoms with Crippen LogP contribution in [0.5, 0.6) is 0 Å². The van der Waals surface area contributed by atoms with Crippen molar-refractivity contribution >= 4 is 49.0 Å². The Morgan fingerprint density at radius 1 is 1.57 bits per heavy atom. The van der Waals surface area contributed by atoms with Crippen LogP contribution in [0.15, 0.2) is 19.3 Å². The van der Waals surface area contributed by atoms with Gasteiger partial charge in [-0.3, -0.25) is 4.99 Å². The standard InChI is InChI=1S/C8H9Br2N3S/c9-5-3-6(14-7(5)10)8(13-11)12-4-1-2-4/h3-4H,1-2,11H2,(H,12,13). The molecular formula is C8H9Br2N3S. The number of thiophene rings is 1. The lowest BCUT2D eigenvalue weighted by Gasteiger charge is -2.01. The maximum absolute atomic E-state index is 5.44. The molecule has 0 aromatic carbocycles. The Labute approximate surface area is 103 Å². The summed E-state index contributed by atoms with van der Waals surface area (Å²) in [4.78, 5) is 5.53. The molecular weight excluding hydrogens is 330 g/mol. The van der Waals surface area contributed by atoms with Crippen LogP contribution in [0.25, 0.3) is 0 Å². The number of nitrogens with zero attached hydrogens (tertiary/aromatic N) is 1. The monoisotopic (exact) mass is 337 g/mol. The molecule has 1 aliphatic carbocycles. The fourth-order valence-electron chi connectivity index (χ4n) is 1.02. The number of rotatable bonds is 2. The minimum atomic E-state index is 0.473. The van der Waals surface area contributed by atoms with E-state index in [1.807, 2.05) is 6.07 Å². The number of hydrogen-bond acceptors (Lipinski definition) is 3. The number of hydrazine groups is 1. The highest BCUT2D eigenvalue weighted by molar-refractivity contribution is 9.13. The average molecular weight is 339 g/mol. The van der Waals surface area contributed by atoms with Crippen molar-refractivity contribution in [2.24, 2.45) is 10.8 Å². The van der Waals surface area contributed by atoms with Crippen LogP contribution in [0.1, 0.15) is 17.7 Å². The van der Waals surface area contributed by atoms with Crippen molar-refractivity contribution in [2.75, 3.05) is 0 Å². The van der Waals surface area contributed by atoms with Crippen LogP contribution in [-0.2, 0) is 0 Å². The molecule has 0 bridgehead atoms. The second kappa shape index (κ2) is 4.30. The lowest BCUT2D eigenvalue weighted by atomic mass is 10.4. The van der Waals surface area contributed by atoms with Crippen LogP contribution in [-0.4, -0.2) is 11.9 Å². The molecule has 76 valence electrons. The third kappa shape index (κ3) is 2.36. The van der Waals surface area contributed by atoms with Gasteiger partial charge in [-0.2, -0.15) is 0 Å². The molecule has 1 aromatic rings. The molecule has 1 fully saturated rings. The first-order chi connectivity index (χ1) is 6.70. The molecule has 0 aliphatic heterocycles. The van der Waals surface area contributed by atoms with Crippen molar-refractivity contribution in [3.8, 4) is 0 Å². The summed E-state index contributed by atoms with van der Waals surface area (Å²) in [6.45, 7) is 0. The van der Waals surface area contributed by atoms with Crippen molar-refractivity contribution in [3.63, 3.8) is 0 Å². The van der Waals surface area contributed by atoms with Gasteiger partial charge < -0.3 is 5.43 Å². The summed E-state index contributed by atoms with van der Waals surface area (Å²) < 4.78 is 2.10. The van der Waals surface area contributed by atoms with Gasteiger partial charge in [0.1, 0.15) is 0 Å². The van der Waals surface area contributed by atoms with Crippen molar-refractivity contribution < 1.29 is 0 Å². The fourth-order valence-corrected chi connectivity index (χ4v) is 3.02. The molecule has 1 aromatic heterocycles.